The largest absolute Gasteiger partial charge is 0.481 e. The standard InChI is InChI=1S/C20H25N3O2/c1-22(2)18-9-7-15(8-10-18)19(16-5-3-11-21-13-16)23-12-4-6-17(14-23)20(24)25/h3,5,7-11,13,17,19H,4,6,12,14H2,1-2H3,(H,24,25). The van der Waals surface area contributed by atoms with Crippen LogP contribution in [-0.2, 0) is 4.79 Å². The molecule has 0 amide bonds. The molecule has 5 nitrogen and oxygen atoms in total. The second-order valence-electron chi connectivity index (χ2n) is 6.85. The summed E-state index contributed by atoms with van der Waals surface area (Å²) in [6.45, 7) is 1.48. The van der Waals surface area contributed by atoms with E-state index in [0.29, 0.717) is 6.54 Å². The third kappa shape index (κ3) is 3.99. The van der Waals surface area contributed by atoms with Crippen molar-refractivity contribution in [3.63, 3.8) is 0 Å². The highest BCUT2D eigenvalue weighted by Gasteiger charge is 2.31. The van der Waals surface area contributed by atoms with Crippen molar-refractivity contribution in [2.24, 2.45) is 5.92 Å². The van der Waals surface area contributed by atoms with Gasteiger partial charge < -0.3 is 10.0 Å². The molecule has 1 aromatic heterocycles. The number of aromatic nitrogens is 1. The van der Waals surface area contributed by atoms with Gasteiger partial charge in [0, 0.05) is 38.7 Å². The number of nitrogens with zero attached hydrogens (tertiary/aromatic N) is 3. The van der Waals surface area contributed by atoms with Gasteiger partial charge in [0.1, 0.15) is 0 Å². The van der Waals surface area contributed by atoms with E-state index in [1.54, 1.807) is 6.20 Å². The second kappa shape index (κ2) is 7.66. The number of pyridine rings is 1. The van der Waals surface area contributed by atoms with Crippen molar-refractivity contribution in [1.82, 2.24) is 9.88 Å². The maximum Gasteiger partial charge on any atom is 0.307 e. The topological polar surface area (TPSA) is 56.7 Å². The fourth-order valence-corrected chi connectivity index (χ4v) is 3.55. The van der Waals surface area contributed by atoms with Gasteiger partial charge in [-0.15, -0.1) is 0 Å². The molecule has 1 fully saturated rings. The Bertz CT molecular complexity index is 701. The molecule has 2 atom stereocenters. The van der Waals surface area contributed by atoms with Gasteiger partial charge in [-0.3, -0.25) is 14.7 Å². The van der Waals surface area contributed by atoms with Crippen molar-refractivity contribution in [2.75, 3.05) is 32.1 Å². The van der Waals surface area contributed by atoms with Gasteiger partial charge in [-0.25, -0.2) is 0 Å². The summed E-state index contributed by atoms with van der Waals surface area (Å²) in [5.74, 6) is -0.994. The first-order chi connectivity index (χ1) is 12.1. The van der Waals surface area contributed by atoms with Crippen LogP contribution in [0.15, 0.2) is 48.8 Å². The maximum absolute atomic E-state index is 11.5. The molecule has 1 aliphatic heterocycles. The zero-order chi connectivity index (χ0) is 17.8. The Balaban J connectivity index is 1.94. The Morgan fingerprint density at radius 1 is 1.24 bits per heavy atom. The first-order valence-corrected chi connectivity index (χ1v) is 8.70. The molecule has 1 saturated heterocycles. The quantitative estimate of drug-likeness (QED) is 0.907. The molecule has 0 spiro atoms. The number of hydrogen-bond donors (Lipinski definition) is 1. The van der Waals surface area contributed by atoms with Crippen molar-refractivity contribution in [2.45, 2.75) is 18.9 Å². The van der Waals surface area contributed by atoms with Gasteiger partial charge in [0.2, 0.25) is 0 Å². The van der Waals surface area contributed by atoms with Crippen molar-refractivity contribution < 1.29 is 9.90 Å². The minimum atomic E-state index is -0.697. The van der Waals surface area contributed by atoms with Crippen LogP contribution in [0.4, 0.5) is 5.69 Å². The molecular weight excluding hydrogens is 314 g/mol. The van der Waals surface area contributed by atoms with Gasteiger partial charge in [-0.05, 0) is 48.7 Å². The van der Waals surface area contributed by atoms with Gasteiger partial charge in [0.15, 0.2) is 0 Å². The first-order valence-electron chi connectivity index (χ1n) is 8.70. The monoisotopic (exact) mass is 339 g/mol. The van der Waals surface area contributed by atoms with Crippen molar-refractivity contribution in [3.8, 4) is 0 Å². The second-order valence-corrected chi connectivity index (χ2v) is 6.85. The lowest BCUT2D eigenvalue weighted by atomic mass is 9.92. The van der Waals surface area contributed by atoms with E-state index >= 15 is 0 Å². The van der Waals surface area contributed by atoms with Crippen molar-refractivity contribution in [3.05, 3.63) is 59.9 Å². The molecule has 5 heteroatoms. The fraction of sp³-hybridized carbons (Fsp3) is 0.400. The van der Waals surface area contributed by atoms with Crippen LogP contribution in [-0.4, -0.2) is 48.1 Å². The van der Waals surface area contributed by atoms with Crippen LogP contribution < -0.4 is 4.90 Å². The Morgan fingerprint density at radius 3 is 2.60 bits per heavy atom. The van der Waals surface area contributed by atoms with Crippen LogP contribution in [0.5, 0.6) is 0 Å². The number of rotatable bonds is 5. The van der Waals surface area contributed by atoms with E-state index in [0.717, 1.165) is 30.6 Å². The Hall–Kier alpha value is -2.40. The van der Waals surface area contributed by atoms with Gasteiger partial charge in [-0.1, -0.05) is 18.2 Å². The lowest BCUT2D eigenvalue weighted by molar-refractivity contribution is -0.143. The van der Waals surface area contributed by atoms with Crippen LogP contribution in [0.3, 0.4) is 0 Å². The molecule has 2 heterocycles. The molecular formula is C20H25N3O2. The summed E-state index contributed by atoms with van der Waals surface area (Å²) in [5.41, 5.74) is 3.42. The number of piperidine rings is 1. The Kier molecular flexibility index (Phi) is 5.34. The Labute approximate surface area is 148 Å². The number of benzene rings is 1. The number of carboxylic acid groups (broad SMARTS) is 1. The SMILES string of the molecule is CN(C)c1ccc(C(c2cccnc2)N2CCCC(C(=O)O)C2)cc1. The van der Waals surface area contributed by atoms with Crippen LogP contribution >= 0.6 is 0 Å². The predicted molar refractivity (Wildman–Crippen MR) is 98.8 cm³/mol. The predicted octanol–water partition coefficient (Wildman–Crippen LogP) is 3.03. The number of carbonyl (C=O) groups is 1. The molecule has 25 heavy (non-hydrogen) atoms. The van der Waals surface area contributed by atoms with E-state index in [1.807, 2.05) is 26.4 Å². The Morgan fingerprint density at radius 2 is 2.00 bits per heavy atom. The summed E-state index contributed by atoms with van der Waals surface area (Å²) in [6.07, 6.45) is 5.32. The highest BCUT2D eigenvalue weighted by molar-refractivity contribution is 5.70. The highest BCUT2D eigenvalue weighted by atomic mass is 16.4. The third-order valence-electron chi connectivity index (χ3n) is 4.89. The first kappa shape index (κ1) is 17.4. The number of carboxylic acids is 1. The van der Waals surface area contributed by atoms with E-state index in [-0.39, 0.29) is 12.0 Å². The van der Waals surface area contributed by atoms with Crippen LogP contribution in [0, 0.1) is 5.92 Å². The van der Waals surface area contributed by atoms with Gasteiger partial charge in [-0.2, -0.15) is 0 Å². The number of aliphatic carboxylic acids is 1. The molecule has 1 N–H and O–H groups in total. The summed E-state index contributed by atoms with van der Waals surface area (Å²) in [5, 5.41) is 9.43. The highest BCUT2D eigenvalue weighted by Crippen LogP contribution is 2.33. The average molecular weight is 339 g/mol. The summed E-state index contributed by atoms with van der Waals surface area (Å²) in [4.78, 5) is 20.1. The molecule has 1 aliphatic rings. The number of anilines is 1. The van der Waals surface area contributed by atoms with E-state index in [1.165, 1.54) is 5.56 Å². The smallest absolute Gasteiger partial charge is 0.307 e. The van der Waals surface area contributed by atoms with Gasteiger partial charge in [0.25, 0.3) is 0 Å². The summed E-state index contributed by atoms with van der Waals surface area (Å²) >= 11 is 0. The molecule has 132 valence electrons. The lowest BCUT2D eigenvalue weighted by Gasteiger charge is -2.37. The third-order valence-corrected chi connectivity index (χ3v) is 4.89. The molecule has 2 aromatic rings. The lowest BCUT2D eigenvalue weighted by Crippen LogP contribution is -2.41. The van der Waals surface area contributed by atoms with Crippen LogP contribution in [0.1, 0.15) is 30.0 Å². The summed E-state index contributed by atoms with van der Waals surface area (Å²) in [6, 6.07) is 12.5. The molecule has 1 aromatic carbocycles. The summed E-state index contributed by atoms with van der Waals surface area (Å²) in [7, 11) is 4.05. The molecule has 0 bridgehead atoms. The molecule has 0 saturated carbocycles. The maximum atomic E-state index is 11.5. The fourth-order valence-electron chi connectivity index (χ4n) is 3.55. The van der Waals surface area contributed by atoms with E-state index in [4.69, 9.17) is 0 Å². The van der Waals surface area contributed by atoms with Crippen molar-refractivity contribution in [1.29, 1.82) is 0 Å². The zero-order valence-electron chi connectivity index (χ0n) is 14.8. The van der Waals surface area contributed by atoms with E-state index < -0.39 is 5.97 Å². The summed E-state index contributed by atoms with van der Waals surface area (Å²) < 4.78 is 0. The number of hydrogen-bond acceptors (Lipinski definition) is 4. The molecule has 2 unspecified atom stereocenters. The van der Waals surface area contributed by atoms with Gasteiger partial charge >= 0.3 is 5.97 Å². The van der Waals surface area contributed by atoms with E-state index in [2.05, 4.69) is 45.1 Å². The van der Waals surface area contributed by atoms with Crippen molar-refractivity contribution >= 4 is 11.7 Å². The zero-order valence-corrected chi connectivity index (χ0v) is 14.8. The minimum Gasteiger partial charge on any atom is -0.481 e. The molecule has 0 radical (unpaired) electrons. The van der Waals surface area contributed by atoms with Crippen LogP contribution in [0.25, 0.3) is 0 Å². The number of likely N-dealkylation sites (tertiary alicyclic amines) is 1. The minimum absolute atomic E-state index is 0.0343. The van der Waals surface area contributed by atoms with Crippen LogP contribution in [0.2, 0.25) is 0 Å². The molecule has 0 aliphatic carbocycles. The molecule has 3 rings (SSSR count). The average Bonchev–Trinajstić information content (AvgIpc) is 2.63. The normalized spacial score (nSPS) is 19.4. The van der Waals surface area contributed by atoms with Gasteiger partial charge in [0.05, 0.1) is 12.0 Å². The van der Waals surface area contributed by atoms with E-state index in [9.17, 15) is 9.90 Å².